The number of hydrogen-bond donors (Lipinski definition) is 3. The van der Waals surface area contributed by atoms with Crippen LogP contribution < -0.4 is 16.0 Å². The second-order valence-electron chi connectivity index (χ2n) is 6.73. The van der Waals surface area contributed by atoms with Crippen molar-refractivity contribution in [2.24, 2.45) is 10.7 Å². The number of nitrogens with zero attached hydrogens (tertiary/aromatic N) is 4. The number of anilines is 1. The molecule has 0 radical (unpaired) electrons. The minimum Gasteiger partial charge on any atom is -0.404 e. The lowest BCUT2D eigenvalue weighted by atomic mass is 10.0. The summed E-state index contributed by atoms with van der Waals surface area (Å²) in [6.45, 7) is 2.17. The fraction of sp³-hybridized carbons (Fsp3) is 0.500. The van der Waals surface area contributed by atoms with E-state index in [1.807, 2.05) is 0 Å². The van der Waals surface area contributed by atoms with Gasteiger partial charge in [0.25, 0.3) is 0 Å². The number of nitrogens with two attached hydrogens (primary N) is 1. The molecule has 0 aromatic carbocycles. The van der Waals surface area contributed by atoms with Crippen LogP contribution >= 0.6 is 0 Å². The summed E-state index contributed by atoms with van der Waals surface area (Å²) in [6.07, 6.45) is -1.49. The maximum atomic E-state index is 13.6. The van der Waals surface area contributed by atoms with E-state index in [0.717, 1.165) is 18.7 Å². The molecule has 28 heavy (non-hydrogen) atoms. The van der Waals surface area contributed by atoms with Gasteiger partial charge in [0.2, 0.25) is 0 Å². The Labute approximate surface area is 160 Å². The molecule has 2 fully saturated rings. The number of alkyl halides is 3. The van der Waals surface area contributed by atoms with Crippen molar-refractivity contribution in [3.63, 3.8) is 0 Å². The van der Waals surface area contributed by atoms with Crippen LogP contribution in [-0.4, -0.2) is 54.6 Å². The predicted molar refractivity (Wildman–Crippen MR) is 98.7 cm³/mol. The SMILES string of the molecule is N#Cc1c(C(F)(F)F)cc(/C(C=NC2CCNCC2O)=C/N)nc1N1CCC1. The molecule has 1 aromatic rings. The molecule has 10 heteroatoms. The number of β-amino-alcohol motifs (C(OH)–C–C–N with tert-alkyl or cyclic N) is 1. The van der Waals surface area contributed by atoms with Crippen LogP contribution in [0.4, 0.5) is 19.0 Å². The molecule has 1 aromatic heterocycles. The molecule has 0 aliphatic carbocycles. The maximum absolute atomic E-state index is 13.6. The lowest BCUT2D eigenvalue weighted by Gasteiger charge is -2.33. The Morgan fingerprint density at radius 3 is 2.75 bits per heavy atom. The van der Waals surface area contributed by atoms with E-state index in [-0.39, 0.29) is 23.1 Å². The van der Waals surface area contributed by atoms with E-state index in [0.29, 0.717) is 32.6 Å². The average molecular weight is 394 g/mol. The number of aliphatic imine (C=N–C) groups is 1. The van der Waals surface area contributed by atoms with Crippen molar-refractivity contribution in [3.05, 3.63) is 29.1 Å². The Hall–Kier alpha value is -2.64. The predicted octanol–water partition coefficient (Wildman–Crippen LogP) is 1.28. The number of allylic oxidation sites excluding steroid dienone is 1. The molecule has 7 nitrogen and oxygen atoms in total. The van der Waals surface area contributed by atoms with Crippen LogP contribution in [-0.2, 0) is 6.18 Å². The molecule has 2 aliphatic rings. The normalized spacial score (nSPS) is 23.5. The third kappa shape index (κ3) is 4.10. The zero-order chi connectivity index (χ0) is 20.3. The van der Waals surface area contributed by atoms with Crippen molar-refractivity contribution in [2.45, 2.75) is 31.2 Å². The van der Waals surface area contributed by atoms with Crippen molar-refractivity contribution in [2.75, 3.05) is 31.1 Å². The number of aliphatic hydroxyl groups excluding tert-OH is 1. The first kappa shape index (κ1) is 20.1. The van der Waals surface area contributed by atoms with Crippen molar-refractivity contribution in [1.82, 2.24) is 10.3 Å². The van der Waals surface area contributed by atoms with Crippen LogP contribution in [0.1, 0.15) is 29.7 Å². The molecule has 0 spiro atoms. The smallest absolute Gasteiger partial charge is 0.404 e. The van der Waals surface area contributed by atoms with Crippen LogP contribution in [0.3, 0.4) is 0 Å². The van der Waals surface area contributed by atoms with Gasteiger partial charge < -0.3 is 21.1 Å². The van der Waals surface area contributed by atoms with Crippen LogP contribution in [0, 0.1) is 11.3 Å². The Bertz CT molecular complexity index is 826. The number of piperidine rings is 1. The highest BCUT2D eigenvalue weighted by Crippen LogP contribution is 2.37. The number of halogens is 3. The molecule has 150 valence electrons. The van der Waals surface area contributed by atoms with Crippen molar-refractivity contribution in [1.29, 1.82) is 5.26 Å². The average Bonchev–Trinajstić information content (AvgIpc) is 2.61. The van der Waals surface area contributed by atoms with Gasteiger partial charge in [0.15, 0.2) is 0 Å². The molecular weight excluding hydrogens is 373 g/mol. The van der Waals surface area contributed by atoms with Gasteiger partial charge in [-0.15, -0.1) is 0 Å². The highest BCUT2D eigenvalue weighted by Gasteiger charge is 2.37. The number of aliphatic hydroxyl groups is 1. The third-order valence-corrected chi connectivity index (χ3v) is 4.87. The number of nitriles is 1. The molecule has 2 aliphatic heterocycles. The molecule has 3 rings (SSSR count). The van der Waals surface area contributed by atoms with Gasteiger partial charge in [-0.05, 0) is 25.5 Å². The van der Waals surface area contributed by atoms with Crippen molar-refractivity contribution < 1.29 is 18.3 Å². The largest absolute Gasteiger partial charge is 0.417 e. The number of nitrogens with one attached hydrogen (secondary N) is 1. The van der Waals surface area contributed by atoms with Crippen LogP contribution in [0.15, 0.2) is 17.3 Å². The molecule has 2 unspecified atom stereocenters. The lowest BCUT2D eigenvalue weighted by Crippen LogP contribution is -2.43. The van der Waals surface area contributed by atoms with Gasteiger partial charge in [-0.2, -0.15) is 18.4 Å². The molecule has 3 heterocycles. The Morgan fingerprint density at radius 1 is 1.46 bits per heavy atom. The molecule has 0 saturated carbocycles. The third-order valence-electron chi connectivity index (χ3n) is 4.87. The van der Waals surface area contributed by atoms with Gasteiger partial charge in [0.1, 0.15) is 17.5 Å². The zero-order valence-electron chi connectivity index (χ0n) is 15.1. The van der Waals surface area contributed by atoms with Crippen LogP contribution in [0.2, 0.25) is 0 Å². The highest BCUT2D eigenvalue weighted by atomic mass is 19.4. The summed E-state index contributed by atoms with van der Waals surface area (Å²) in [4.78, 5) is 10.2. The van der Waals surface area contributed by atoms with Gasteiger partial charge in [0.05, 0.1) is 23.4 Å². The lowest BCUT2D eigenvalue weighted by molar-refractivity contribution is -0.137. The van der Waals surface area contributed by atoms with Crippen LogP contribution in [0.25, 0.3) is 5.57 Å². The second-order valence-corrected chi connectivity index (χ2v) is 6.73. The number of hydrogen-bond acceptors (Lipinski definition) is 7. The summed E-state index contributed by atoms with van der Waals surface area (Å²) in [5.41, 5.74) is 4.28. The molecule has 2 saturated heterocycles. The van der Waals surface area contributed by atoms with E-state index in [1.54, 1.807) is 11.0 Å². The first-order valence-corrected chi connectivity index (χ1v) is 8.96. The summed E-state index contributed by atoms with van der Waals surface area (Å²) in [5.74, 6) is 0.00762. The Balaban J connectivity index is 2.00. The summed E-state index contributed by atoms with van der Waals surface area (Å²) in [5, 5.41) is 22.3. The van der Waals surface area contributed by atoms with E-state index in [9.17, 15) is 23.5 Å². The van der Waals surface area contributed by atoms with Gasteiger partial charge in [0, 0.05) is 37.6 Å². The van der Waals surface area contributed by atoms with Crippen molar-refractivity contribution in [3.8, 4) is 6.07 Å². The molecular formula is C18H21F3N6O. The summed E-state index contributed by atoms with van der Waals surface area (Å²) >= 11 is 0. The maximum Gasteiger partial charge on any atom is 0.417 e. The van der Waals surface area contributed by atoms with E-state index >= 15 is 0 Å². The van der Waals surface area contributed by atoms with Gasteiger partial charge >= 0.3 is 6.18 Å². The molecule has 4 N–H and O–H groups in total. The number of pyridine rings is 1. The standard InChI is InChI=1S/C18H21F3N6O/c19-18(20,21)13-6-15(26-17(12(13)8-23)27-4-1-5-27)11(7-22)9-25-14-2-3-24-10-16(14)28/h6-7,9,14,16,24,28H,1-5,10,22H2/b11-7+,25-9?. The first-order valence-electron chi connectivity index (χ1n) is 8.96. The zero-order valence-corrected chi connectivity index (χ0v) is 15.1. The van der Waals surface area contributed by atoms with E-state index in [4.69, 9.17) is 5.73 Å². The van der Waals surface area contributed by atoms with Crippen molar-refractivity contribution >= 4 is 17.6 Å². The Morgan fingerprint density at radius 2 is 2.21 bits per heavy atom. The minimum absolute atomic E-state index is 0.00762. The first-order chi connectivity index (χ1) is 13.3. The monoisotopic (exact) mass is 394 g/mol. The second kappa shape index (κ2) is 8.16. The summed E-state index contributed by atoms with van der Waals surface area (Å²) in [7, 11) is 0. The topological polar surface area (TPSA) is 111 Å². The number of aromatic nitrogens is 1. The summed E-state index contributed by atoms with van der Waals surface area (Å²) < 4.78 is 40.7. The highest BCUT2D eigenvalue weighted by molar-refractivity contribution is 6.09. The van der Waals surface area contributed by atoms with E-state index in [2.05, 4.69) is 15.3 Å². The molecule has 0 bridgehead atoms. The van der Waals surface area contributed by atoms with Gasteiger partial charge in [-0.3, -0.25) is 4.99 Å². The van der Waals surface area contributed by atoms with E-state index in [1.165, 1.54) is 6.21 Å². The Kier molecular flexibility index (Phi) is 5.86. The van der Waals surface area contributed by atoms with Crippen LogP contribution in [0.5, 0.6) is 0 Å². The fourth-order valence-corrected chi connectivity index (χ4v) is 3.14. The van der Waals surface area contributed by atoms with E-state index < -0.39 is 23.4 Å². The minimum atomic E-state index is -4.70. The van der Waals surface area contributed by atoms with Gasteiger partial charge in [-0.25, -0.2) is 4.98 Å². The quantitative estimate of drug-likeness (QED) is 0.664. The number of rotatable bonds is 4. The van der Waals surface area contributed by atoms with Gasteiger partial charge in [-0.1, -0.05) is 0 Å². The summed E-state index contributed by atoms with van der Waals surface area (Å²) in [6, 6.07) is 2.10. The molecule has 0 amide bonds. The fourth-order valence-electron chi connectivity index (χ4n) is 3.14. The molecule has 2 atom stereocenters.